The Balaban J connectivity index is 2.12. The average molecular weight is 364 g/mol. The van der Waals surface area contributed by atoms with Gasteiger partial charge in [-0.3, -0.25) is 4.79 Å². The summed E-state index contributed by atoms with van der Waals surface area (Å²) in [4.78, 5) is 15.2. The first-order chi connectivity index (χ1) is 12.3. The van der Waals surface area contributed by atoms with Crippen LogP contribution >= 0.6 is 0 Å². The summed E-state index contributed by atoms with van der Waals surface area (Å²) >= 11 is 0. The number of fused-ring (bicyclic) bond motifs is 1. The third kappa shape index (κ3) is 3.08. The number of hydrogen-bond acceptors (Lipinski definition) is 3. The minimum atomic E-state index is -4.26. The molecule has 0 aliphatic carbocycles. The maximum atomic E-state index is 12.9. The van der Waals surface area contributed by atoms with Crippen molar-refractivity contribution in [3.63, 3.8) is 0 Å². The predicted octanol–water partition coefficient (Wildman–Crippen LogP) is 3.74. The zero-order chi connectivity index (χ0) is 18.9. The van der Waals surface area contributed by atoms with E-state index in [2.05, 4.69) is 4.79 Å². The molecule has 0 aliphatic rings. The molecule has 0 aliphatic heterocycles. The fourth-order valence-corrected chi connectivity index (χ4v) is 3.94. The Morgan fingerprint density at radius 2 is 1.50 bits per heavy atom. The van der Waals surface area contributed by atoms with Gasteiger partial charge in [-0.2, -0.15) is 0 Å². The summed E-state index contributed by atoms with van der Waals surface area (Å²) in [5.74, 6) is -0.853. The van der Waals surface area contributed by atoms with Crippen molar-refractivity contribution in [2.75, 3.05) is 0 Å². The van der Waals surface area contributed by atoms with Crippen LogP contribution in [0.5, 0.6) is 0 Å². The number of rotatable bonds is 3. The van der Waals surface area contributed by atoms with E-state index in [-0.39, 0.29) is 10.5 Å². The standard InChI is InChI=1S/C20H16N2O3S/c1-13-10-16-8-9-18(12-17(16)11-14(13)2)26(24,25)20(22-21)19(23)15-6-4-3-5-7-15/h3-12H,1-2H3. The van der Waals surface area contributed by atoms with Crippen LogP contribution in [0.25, 0.3) is 16.3 Å². The Morgan fingerprint density at radius 1 is 0.885 bits per heavy atom. The normalized spacial score (nSPS) is 11.2. The molecule has 0 saturated carbocycles. The first kappa shape index (κ1) is 17.7. The molecule has 0 amide bonds. The smallest absolute Gasteiger partial charge is 0.360 e. The summed E-state index contributed by atoms with van der Waals surface area (Å²) in [6.45, 7) is 3.92. The topological polar surface area (TPSA) is 87.6 Å². The molecule has 3 aromatic carbocycles. The Morgan fingerprint density at radius 3 is 2.12 bits per heavy atom. The molecule has 0 radical (unpaired) electrons. The second kappa shape index (κ2) is 6.67. The van der Waals surface area contributed by atoms with E-state index >= 15 is 0 Å². The number of nitrogens with zero attached hydrogens (tertiary/aromatic N) is 2. The van der Waals surface area contributed by atoms with Gasteiger partial charge in [0.2, 0.25) is 0 Å². The second-order valence-electron chi connectivity index (χ2n) is 6.05. The van der Waals surface area contributed by atoms with Crippen molar-refractivity contribution in [1.29, 1.82) is 0 Å². The van der Waals surface area contributed by atoms with Gasteiger partial charge in [0, 0.05) is 5.56 Å². The van der Waals surface area contributed by atoms with Crippen molar-refractivity contribution >= 4 is 31.4 Å². The van der Waals surface area contributed by atoms with Crippen molar-refractivity contribution in [2.45, 2.75) is 18.7 Å². The first-order valence-corrected chi connectivity index (χ1v) is 9.41. The van der Waals surface area contributed by atoms with E-state index in [4.69, 9.17) is 0 Å². The zero-order valence-corrected chi connectivity index (χ0v) is 15.1. The number of carbonyl (C=O) groups excluding carboxylic acids is 1. The van der Waals surface area contributed by atoms with Crippen molar-refractivity contribution < 1.29 is 18.0 Å². The molecule has 3 aromatic rings. The van der Waals surface area contributed by atoms with E-state index in [0.29, 0.717) is 0 Å². The van der Waals surface area contributed by atoms with Crippen LogP contribution in [0, 0.1) is 13.8 Å². The minimum Gasteiger partial charge on any atom is -0.360 e. The molecule has 0 unspecified atom stereocenters. The van der Waals surface area contributed by atoms with Crippen LogP contribution in [0.2, 0.25) is 0 Å². The van der Waals surface area contributed by atoms with Crippen LogP contribution in [0.3, 0.4) is 0 Å². The van der Waals surface area contributed by atoms with Crippen LogP contribution < -0.4 is 0 Å². The highest BCUT2D eigenvalue weighted by atomic mass is 32.2. The predicted molar refractivity (Wildman–Crippen MR) is 100 cm³/mol. The lowest BCUT2D eigenvalue weighted by Gasteiger charge is -2.06. The molecule has 0 atom stereocenters. The maximum Gasteiger partial charge on any atom is 0.456 e. The summed E-state index contributed by atoms with van der Waals surface area (Å²) < 4.78 is 25.7. The fourth-order valence-electron chi connectivity index (χ4n) is 2.72. The fraction of sp³-hybridized carbons (Fsp3) is 0.100. The summed E-state index contributed by atoms with van der Waals surface area (Å²) in [6, 6.07) is 16.3. The van der Waals surface area contributed by atoms with Gasteiger partial charge in [-0.25, -0.2) is 8.42 Å². The lowest BCUT2D eigenvalue weighted by atomic mass is 10.0. The Hall–Kier alpha value is -3.08. The molecule has 0 saturated heterocycles. The number of aryl methyl sites for hydroxylation is 2. The van der Waals surface area contributed by atoms with Gasteiger partial charge in [0.05, 0.1) is 4.90 Å². The van der Waals surface area contributed by atoms with Crippen LogP contribution in [0.1, 0.15) is 21.5 Å². The van der Waals surface area contributed by atoms with Gasteiger partial charge < -0.3 is 5.53 Å². The highest BCUT2D eigenvalue weighted by Crippen LogP contribution is 2.24. The Labute approximate surface area is 151 Å². The van der Waals surface area contributed by atoms with E-state index in [0.717, 1.165) is 21.9 Å². The molecular formula is C20H16N2O3S. The lowest BCUT2D eigenvalue weighted by molar-refractivity contribution is -0.00158. The third-order valence-electron chi connectivity index (χ3n) is 4.31. The van der Waals surface area contributed by atoms with Gasteiger partial charge in [0.15, 0.2) is 0 Å². The maximum absolute atomic E-state index is 12.9. The summed E-state index contributed by atoms with van der Waals surface area (Å²) in [6.07, 6.45) is 0. The van der Waals surface area contributed by atoms with Gasteiger partial charge in [0.25, 0.3) is 15.6 Å². The molecule has 0 bridgehead atoms. The van der Waals surface area contributed by atoms with E-state index < -0.39 is 20.7 Å². The molecule has 26 heavy (non-hydrogen) atoms. The largest absolute Gasteiger partial charge is 0.456 e. The molecule has 5 nitrogen and oxygen atoms in total. The van der Waals surface area contributed by atoms with Gasteiger partial charge in [-0.1, -0.05) is 48.5 Å². The molecule has 0 spiro atoms. The van der Waals surface area contributed by atoms with Crippen LogP contribution in [-0.4, -0.2) is 24.0 Å². The van der Waals surface area contributed by atoms with Crippen molar-refractivity contribution in [3.05, 3.63) is 82.9 Å². The van der Waals surface area contributed by atoms with E-state index in [1.54, 1.807) is 24.3 Å². The Bertz CT molecular complexity index is 1180. The van der Waals surface area contributed by atoms with Crippen LogP contribution in [-0.2, 0) is 9.84 Å². The molecule has 0 aromatic heterocycles. The number of sulfone groups is 1. The van der Waals surface area contributed by atoms with Gasteiger partial charge in [-0.05, 0) is 47.9 Å². The van der Waals surface area contributed by atoms with Crippen molar-refractivity contribution in [3.8, 4) is 0 Å². The first-order valence-electron chi connectivity index (χ1n) is 7.92. The SMILES string of the molecule is Cc1cc2ccc(S(=O)(=O)C(=[N+]=[N-])C(=O)c3ccccc3)cc2cc1C. The highest BCUT2D eigenvalue weighted by molar-refractivity contribution is 8.08. The average Bonchev–Trinajstić information content (AvgIpc) is 2.63. The van der Waals surface area contributed by atoms with E-state index in [9.17, 15) is 18.7 Å². The molecule has 3 rings (SSSR count). The molecule has 6 heteroatoms. The van der Waals surface area contributed by atoms with E-state index in [1.807, 2.05) is 26.0 Å². The molecule has 0 fully saturated rings. The molecular weight excluding hydrogens is 348 g/mol. The van der Waals surface area contributed by atoms with Crippen LogP contribution in [0.4, 0.5) is 0 Å². The van der Waals surface area contributed by atoms with Crippen molar-refractivity contribution in [2.24, 2.45) is 0 Å². The molecule has 0 N–H and O–H groups in total. The molecule has 130 valence electrons. The zero-order valence-electron chi connectivity index (χ0n) is 14.3. The number of Topliss-reactive ketones (excluding diaryl/α,β-unsaturated/α-hetero) is 1. The number of carbonyl (C=O) groups is 1. The van der Waals surface area contributed by atoms with Gasteiger partial charge >= 0.3 is 5.04 Å². The van der Waals surface area contributed by atoms with Crippen LogP contribution in [0.15, 0.2) is 65.6 Å². The lowest BCUT2D eigenvalue weighted by Crippen LogP contribution is -2.26. The minimum absolute atomic E-state index is 0.0923. The summed E-state index contributed by atoms with van der Waals surface area (Å²) in [5.41, 5.74) is 11.5. The van der Waals surface area contributed by atoms with E-state index in [1.165, 1.54) is 24.3 Å². The Kier molecular flexibility index (Phi) is 4.55. The summed E-state index contributed by atoms with van der Waals surface area (Å²) in [5, 5.41) is 0.731. The van der Waals surface area contributed by atoms with Gasteiger partial charge in [-0.15, -0.1) is 4.79 Å². The number of benzene rings is 3. The second-order valence-corrected chi connectivity index (χ2v) is 7.91. The van der Waals surface area contributed by atoms with Crippen molar-refractivity contribution in [1.82, 2.24) is 0 Å². The quantitative estimate of drug-likeness (QED) is 0.233. The highest BCUT2D eigenvalue weighted by Gasteiger charge is 2.38. The third-order valence-corrected chi connectivity index (χ3v) is 5.96. The molecule has 0 heterocycles. The van der Waals surface area contributed by atoms with Gasteiger partial charge in [0.1, 0.15) is 0 Å². The number of hydrogen-bond donors (Lipinski definition) is 0. The monoisotopic (exact) mass is 364 g/mol. The number of ketones is 1. The summed E-state index contributed by atoms with van der Waals surface area (Å²) in [7, 11) is -4.26.